The predicted octanol–water partition coefficient (Wildman–Crippen LogP) is 1.58. The first-order valence-corrected chi connectivity index (χ1v) is 4.91. The molecule has 1 rings (SSSR count). The van der Waals surface area contributed by atoms with Crippen LogP contribution in [0.15, 0.2) is 0 Å². The average molecular weight is 189 g/mol. The SMILES string of the molecule is CC(C)(C)N1CCCC(O)(CF)C1. The highest BCUT2D eigenvalue weighted by atomic mass is 19.1. The van der Waals surface area contributed by atoms with Crippen LogP contribution in [0.3, 0.4) is 0 Å². The Morgan fingerprint density at radius 2 is 2.08 bits per heavy atom. The normalized spacial score (nSPS) is 32.1. The van der Waals surface area contributed by atoms with Crippen LogP contribution < -0.4 is 0 Å². The van der Waals surface area contributed by atoms with Crippen LogP contribution in [-0.4, -0.2) is 40.9 Å². The minimum Gasteiger partial charge on any atom is -0.386 e. The van der Waals surface area contributed by atoms with Crippen molar-refractivity contribution in [2.75, 3.05) is 19.8 Å². The van der Waals surface area contributed by atoms with Crippen molar-refractivity contribution in [1.29, 1.82) is 0 Å². The smallest absolute Gasteiger partial charge is 0.119 e. The summed E-state index contributed by atoms with van der Waals surface area (Å²) in [7, 11) is 0. The van der Waals surface area contributed by atoms with Crippen LogP contribution in [-0.2, 0) is 0 Å². The molecule has 1 aliphatic rings. The van der Waals surface area contributed by atoms with Crippen LogP contribution in [0.25, 0.3) is 0 Å². The number of halogens is 1. The van der Waals surface area contributed by atoms with Gasteiger partial charge < -0.3 is 5.11 Å². The summed E-state index contributed by atoms with van der Waals surface area (Å²) in [5, 5.41) is 9.80. The minimum atomic E-state index is -1.09. The van der Waals surface area contributed by atoms with Crippen LogP contribution in [0.2, 0.25) is 0 Å². The number of likely N-dealkylation sites (tertiary alicyclic amines) is 1. The standard InChI is InChI=1S/C10H20FNO/c1-9(2,3)12-6-4-5-10(13,7-11)8-12/h13H,4-8H2,1-3H3. The molecule has 0 saturated carbocycles. The van der Waals surface area contributed by atoms with Gasteiger partial charge in [0.15, 0.2) is 0 Å². The number of piperidine rings is 1. The summed E-state index contributed by atoms with van der Waals surface area (Å²) in [6.07, 6.45) is 1.48. The Labute approximate surface area is 79.7 Å². The largest absolute Gasteiger partial charge is 0.386 e. The Bertz CT molecular complexity index is 178. The van der Waals surface area contributed by atoms with Crippen molar-refractivity contribution in [1.82, 2.24) is 4.90 Å². The van der Waals surface area contributed by atoms with Gasteiger partial charge in [0.05, 0.1) is 0 Å². The zero-order chi connectivity index (χ0) is 10.1. The van der Waals surface area contributed by atoms with Crippen molar-refractivity contribution < 1.29 is 9.50 Å². The molecule has 1 N–H and O–H groups in total. The number of β-amino-alcohol motifs (C(OH)–C–C–N with tert-alkyl or cyclic N) is 1. The molecule has 1 fully saturated rings. The van der Waals surface area contributed by atoms with E-state index in [1.54, 1.807) is 0 Å². The van der Waals surface area contributed by atoms with Gasteiger partial charge in [0.2, 0.25) is 0 Å². The molecule has 1 unspecified atom stereocenters. The fourth-order valence-corrected chi connectivity index (χ4v) is 1.79. The molecule has 0 aromatic heterocycles. The van der Waals surface area contributed by atoms with Gasteiger partial charge in [-0.15, -0.1) is 0 Å². The topological polar surface area (TPSA) is 23.5 Å². The summed E-state index contributed by atoms with van der Waals surface area (Å²) < 4.78 is 12.5. The van der Waals surface area contributed by atoms with E-state index in [0.717, 1.165) is 13.0 Å². The highest BCUT2D eigenvalue weighted by Crippen LogP contribution is 2.26. The third-order valence-corrected chi connectivity index (χ3v) is 2.75. The number of hydrogen-bond donors (Lipinski definition) is 1. The van der Waals surface area contributed by atoms with Gasteiger partial charge in [-0.3, -0.25) is 4.90 Å². The molecule has 1 aliphatic heterocycles. The van der Waals surface area contributed by atoms with E-state index >= 15 is 0 Å². The lowest BCUT2D eigenvalue weighted by Gasteiger charge is -2.44. The quantitative estimate of drug-likeness (QED) is 0.677. The van der Waals surface area contributed by atoms with E-state index in [0.29, 0.717) is 13.0 Å². The molecule has 1 saturated heterocycles. The van der Waals surface area contributed by atoms with E-state index in [2.05, 4.69) is 25.7 Å². The number of nitrogens with zero attached hydrogens (tertiary/aromatic N) is 1. The summed E-state index contributed by atoms with van der Waals surface area (Å²) in [6, 6.07) is 0. The second-order valence-electron chi connectivity index (χ2n) is 5.05. The van der Waals surface area contributed by atoms with Crippen molar-refractivity contribution in [3.63, 3.8) is 0 Å². The van der Waals surface area contributed by atoms with Crippen molar-refractivity contribution in [3.05, 3.63) is 0 Å². The Morgan fingerprint density at radius 1 is 1.46 bits per heavy atom. The van der Waals surface area contributed by atoms with Gasteiger partial charge in [0.1, 0.15) is 12.3 Å². The fourth-order valence-electron chi connectivity index (χ4n) is 1.79. The molecule has 13 heavy (non-hydrogen) atoms. The first-order chi connectivity index (χ1) is 5.87. The first-order valence-electron chi connectivity index (χ1n) is 4.91. The Kier molecular flexibility index (Phi) is 2.98. The molecule has 78 valence electrons. The molecule has 0 aromatic rings. The molecule has 2 nitrogen and oxygen atoms in total. The van der Waals surface area contributed by atoms with E-state index in [-0.39, 0.29) is 5.54 Å². The molecule has 1 heterocycles. The van der Waals surface area contributed by atoms with Crippen molar-refractivity contribution >= 4 is 0 Å². The number of rotatable bonds is 1. The van der Waals surface area contributed by atoms with Gasteiger partial charge in [-0.2, -0.15) is 0 Å². The molecule has 1 atom stereocenters. The van der Waals surface area contributed by atoms with Crippen LogP contribution in [0, 0.1) is 0 Å². The summed E-state index contributed by atoms with van der Waals surface area (Å²) >= 11 is 0. The fraction of sp³-hybridized carbons (Fsp3) is 1.00. The average Bonchev–Trinajstić information content (AvgIpc) is 2.03. The Balaban J connectivity index is 2.62. The van der Waals surface area contributed by atoms with Gasteiger partial charge in [-0.05, 0) is 40.2 Å². The van der Waals surface area contributed by atoms with E-state index in [1.165, 1.54) is 0 Å². The van der Waals surface area contributed by atoms with Gasteiger partial charge in [-0.25, -0.2) is 4.39 Å². The Hall–Kier alpha value is -0.150. The van der Waals surface area contributed by atoms with E-state index < -0.39 is 12.3 Å². The molecule has 0 bridgehead atoms. The van der Waals surface area contributed by atoms with Gasteiger partial charge in [0, 0.05) is 12.1 Å². The second kappa shape index (κ2) is 3.54. The van der Waals surface area contributed by atoms with Gasteiger partial charge in [-0.1, -0.05) is 0 Å². The number of hydrogen-bond acceptors (Lipinski definition) is 2. The van der Waals surface area contributed by atoms with Crippen LogP contribution in [0.1, 0.15) is 33.6 Å². The molecule has 0 aromatic carbocycles. The molecular formula is C10H20FNO. The van der Waals surface area contributed by atoms with Crippen molar-refractivity contribution in [2.45, 2.75) is 44.8 Å². The highest BCUT2D eigenvalue weighted by Gasteiger charge is 2.37. The van der Waals surface area contributed by atoms with Crippen molar-refractivity contribution in [2.24, 2.45) is 0 Å². The maximum atomic E-state index is 12.5. The molecule has 0 amide bonds. The summed E-state index contributed by atoms with van der Waals surface area (Å²) in [4.78, 5) is 2.15. The van der Waals surface area contributed by atoms with Gasteiger partial charge >= 0.3 is 0 Å². The van der Waals surface area contributed by atoms with E-state index in [4.69, 9.17) is 0 Å². The van der Waals surface area contributed by atoms with Crippen molar-refractivity contribution in [3.8, 4) is 0 Å². The molecule has 0 spiro atoms. The van der Waals surface area contributed by atoms with Gasteiger partial charge in [0.25, 0.3) is 0 Å². The third kappa shape index (κ3) is 2.64. The van der Waals surface area contributed by atoms with E-state index in [9.17, 15) is 9.50 Å². The lowest BCUT2D eigenvalue weighted by molar-refractivity contribution is -0.0697. The second-order valence-corrected chi connectivity index (χ2v) is 5.05. The lowest BCUT2D eigenvalue weighted by atomic mass is 9.90. The predicted molar refractivity (Wildman–Crippen MR) is 51.5 cm³/mol. The first kappa shape index (κ1) is 10.9. The maximum Gasteiger partial charge on any atom is 0.119 e. The molecule has 3 heteroatoms. The summed E-state index contributed by atoms with van der Waals surface area (Å²) in [5.74, 6) is 0. The lowest BCUT2D eigenvalue weighted by Crippen LogP contribution is -2.55. The molecular weight excluding hydrogens is 169 g/mol. The zero-order valence-corrected chi connectivity index (χ0v) is 8.81. The number of aliphatic hydroxyl groups is 1. The van der Waals surface area contributed by atoms with E-state index in [1.807, 2.05) is 0 Å². The Morgan fingerprint density at radius 3 is 2.54 bits per heavy atom. The summed E-state index contributed by atoms with van der Waals surface area (Å²) in [6.45, 7) is 7.09. The van der Waals surface area contributed by atoms with Crippen LogP contribution >= 0.6 is 0 Å². The van der Waals surface area contributed by atoms with Crippen LogP contribution in [0.4, 0.5) is 4.39 Å². The van der Waals surface area contributed by atoms with Crippen LogP contribution in [0.5, 0.6) is 0 Å². The highest BCUT2D eigenvalue weighted by molar-refractivity contribution is 4.91. The monoisotopic (exact) mass is 189 g/mol. The maximum absolute atomic E-state index is 12.5. The zero-order valence-electron chi connectivity index (χ0n) is 8.81. The minimum absolute atomic E-state index is 0.0313. The number of alkyl halides is 1. The molecule has 0 aliphatic carbocycles. The summed E-state index contributed by atoms with van der Waals surface area (Å²) in [5.41, 5.74) is -1.06. The molecule has 0 radical (unpaired) electrons. The third-order valence-electron chi connectivity index (χ3n) is 2.75.